The summed E-state index contributed by atoms with van der Waals surface area (Å²) in [7, 11) is 1.87. The van der Waals surface area contributed by atoms with Crippen LogP contribution in [0.3, 0.4) is 0 Å². The van der Waals surface area contributed by atoms with E-state index in [0.717, 1.165) is 16.5 Å². The highest BCUT2D eigenvalue weighted by Gasteiger charge is 2.09. The van der Waals surface area contributed by atoms with E-state index in [1.165, 1.54) is 11.8 Å². The SMILES string of the molecule is Cc1ccccc1OCC(O)CSc1nncn1C. The highest BCUT2D eigenvalue weighted by Crippen LogP contribution is 2.18. The topological polar surface area (TPSA) is 60.2 Å². The van der Waals surface area contributed by atoms with Crippen molar-refractivity contribution in [2.75, 3.05) is 12.4 Å². The van der Waals surface area contributed by atoms with Crippen LogP contribution in [0, 0.1) is 6.92 Å². The van der Waals surface area contributed by atoms with Crippen molar-refractivity contribution in [2.24, 2.45) is 7.05 Å². The molecule has 1 heterocycles. The summed E-state index contributed by atoms with van der Waals surface area (Å²) < 4.78 is 7.41. The van der Waals surface area contributed by atoms with Crippen molar-refractivity contribution in [2.45, 2.75) is 18.2 Å². The molecule has 0 aliphatic carbocycles. The second-order valence-electron chi connectivity index (χ2n) is 4.27. The Bertz CT molecular complexity index is 530. The first-order valence-corrected chi connectivity index (χ1v) is 6.98. The Hall–Kier alpha value is -1.53. The Kier molecular flexibility index (Phi) is 4.81. The number of thioether (sulfide) groups is 1. The van der Waals surface area contributed by atoms with E-state index >= 15 is 0 Å². The average Bonchev–Trinajstić information content (AvgIpc) is 2.81. The van der Waals surface area contributed by atoms with Crippen molar-refractivity contribution in [3.8, 4) is 5.75 Å². The lowest BCUT2D eigenvalue weighted by Gasteiger charge is -2.13. The summed E-state index contributed by atoms with van der Waals surface area (Å²) in [5.74, 6) is 1.34. The number of benzene rings is 1. The van der Waals surface area contributed by atoms with E-state index < -0.39 is 6.10 Å². The van der Waals surface area contributed by atoms with Crippen molar-refractivity contribution in [1.82, 2.24) is 14.8 Å². The smallest absolute Gasteiger partial charge is 0.190 e. The Labute approximate surface area is 116 Å². The van der Waals surface area contributed by atoms with Gasteiger partial charge in [-0.15, -0.1) is 10.2 Å². The van der Waals surface area contributed by atoms with Gasteiger partial charge >= 0.3 is 0 Å². The zero-order valence-corrected chi connectivity index (χ0v) is 11.8. The average molecular weight is 279 g/mol. The summed E-state index contributed by atoms with van der Waals surface area (Å²) in [6.45, 7) is 2.26. The lowest BCUT2D eigenvalue weighted by molar-refractivity contribution is 0.126. The Morgan fingerprint density at radius 3 is 2.89 bits per heavy atom. The molecule has 0 radical (unpaired) electrons. The minimum atomic E-state index is -0.540. The number of hydrogen-bond acceptors (Lipinski definition) is 5. The molecule has 0 saturated carbocycles. The van der Waals surface area contributed by atoms with Crippen LogP contribution in [0.1, 0.15) is 5.56 Å². The second-order valence-corrected chi connectivity index (χ2v) is 5.25. The molecule has 19 heavy (non-hydrogen) atoms. The molecule has 6 heteroatoms. The van der Waals surface area contributed by atoms with Crippen molar-refractivity contribution in [3.63, 3.8) is 0 Å². The first-order valence-electron chi connectivity index (χ1n) is 6.00. The molecule has 1 atom stereocenters. The number of aryl methyl sites for hydroxylation is 2. The first kappa shape index (κ1) is 13.9. The largest absolute Gasteiger partial charge is 0.491 e. The third-order valence-electron chi connectivity index (χ3n) is 2.60. The second kappa shape index (κ2) is 6.58. The fourth-order valence-electron chi connectivity index (χ4n) is 1.53. The third-order valence-corrected chi connectivity index (χ3v) is 3.78. The molecule has 1 aromatic carbocycles. The van der Waals surface area contributed by atoms with Crippen LogP contribution in [0.4, 0.5) is 0 Å². The van der Waals surface area contributed by atoms with Crippen LogP contribution in [0.25, 0.3) is 0 Å². The number of rotatable bonds is 6. The molecule has 1 N–H and O–H groups in total. The van der Waals surface area contributed by atoms with Gasteiger partial charge in [0.15, 0.2) is 5.16 Å². The third kappa shape index (κ3) is 3.97. The summed E-state index contributed by atoms with van der Waals surface area (Å²) >= 11 is 1.46. The van der Waals surface area contributed by atoms with Gasteiger partial charge in [0.2, 0.25) is 0 Å². The predicted molar refractivity (Wildman–Crippen MR) is 74.4 cm³/mol. The van der Waals surface area contributed by atoms with Crippen molar-refractivity contribution in [1.29, 1.82) is 0 Å². The molecule has 0 saturated heterocycles. The molecule has 2 rings (SSSR count). The molecule has 0 aliphatic heterocycles. The highest BCUT2D eigenvalue weighted by molar-refractivity contribution is 7.99. The van der Waals surface area contributed by atoms with Gasteiger partial charge < -0.3 is 14.4 Å². The van der Waals surface area contributed by atoms with Gasteiger partial charge in [0, 0.05) is 12.8 Å². The van der Waals surface area contributed by atoms with Crippen LogP contribution in [-0.2, 0) is 7.05 Å². The molecule has 1 unspecified atom stereocenters. The quantitative estimate of drug-likeness (QED) is 0.815. The standard InChI is InChI=1S/C13H17N3O2S/c1-10-5-3-4-6-12(10)18-7-11(17)8-19-13-15-14-9-16(13)2/h3-6,9,11,17H,7-8H2,1-2H3. The molecule has 0 bridgehead atoms. The Morgan fingerprint density at radius 1 is 1.42 bits per heavy atom. The van der Waals surface area contributed by atoms with Crippen molar-refractivity contribution in [3.05, 3.63) is 36.2 Å². The van der Waals surface area contributed by atoms with E-state index in [-0.39, 0.29) is 6.61 Å². The molecule has 1 aromatic heterocycles. The van der Waals surface area contributed by atoms with Gasteiger partial charge in [0.25, 0.3) is 0 Å². The van der Waals surface area contributed by atoms with Crippen LogP contribution < -0.4 is 4.74 Å². The van der Waals surface area contributed by atoms with Gasteiger partial charge in [-0.2, -0.15) is 0 Å². The zero-order valence-electron chi connectivity index (χ0n) is 11.0. The maximum atomic E-state index is 9.89. The fraction of sp³-hybridized carbons (Fsp3) is 0.385. The van der Waals surface area contributed by atoms with E-state index in [0.29, 0.717) is 5.75 Å². The van der Waals surface area contributed by atoms with E-state index in [2.05, 4.69) is 10.2 Å². The normalized spacial score (nSPS) is 12.4. The molecule has 0 aliphatic rings. The molecule has 5 nitrogen and oxygen atoms in total. The summed E-state index contributed by atoms with van der Waals surface area (Å²) in [5, 5.41) is 18.4. The number of nitrogens with zero attached hydrogens (tertiary/aromatic N) is 3. The maximum Gasteiger partial charge on any atom is 0.190 e. The van der Waals surface area contributed by atoms with Crippen LogP contribution >= 0.6 is 11.8 Å². The van der Waals surface area contributed by atoms with Crippen LogP contribution in [0.15, 0.2) is 35.7 Å². The lowest BCUT2D eigenvalue weighted by atomic mass is 10.2. The summed E-state index contributed by atoms with van der Waals surface area (Å²) in [5.41, 5.74) is 1.07. The number of aliphatic hydroxyl groups is 1. The molecular weight excluding hydrogens is 262 g/mol. The van der Waals surface area contributed by atoms with E-state index in [1.54, 1.807) is 6.33 Å². The summed E-state index contributed by atoms with van der Waals surface area (Å²) in [6, 6.07) is 7.76. The van der Waals surface area contributed by atoms with Crippen molar-refractivity contribution >= 4 is 11.8 Å². The van der Waals surface area contributed by atoms with Gasteiger partial charge in [-0.25, -0.2) is 0 Å². The molecule has 0 amide bonds. The lowest BCUT2D eigenvalue weighted by Crippen LogP contribution is -2.20. The van der Waals surface area contributed by atoms with Gasteiger partial charge in [-0.1, -0.05) is 30.0 Å². The zero-order chi connectivity index (χ0) is 13.7. The fourth-order valence-corrected chi connectivity index (χ4v) is 2.32. The first-order chi connectivity index (χ1) is 9.16. The Morgan fingerprint density at radius 2 is 2.21 bits per heavy atom. The van der Waals surface area contributed by atoms with Crippen molar-refractivity contribution < 1.29 is 9.84 Å². The minimum Gasteiger partial charge on any atom is -0.491 e. The molecule has 2 aromatic rings. The van der Waals surface area contributed by atoms with Crippen LogP contribution in [0.2, 0.25) is 0 Å². The number of aliphatic hydroxyl groups excluding tert-OH is 1. The van der Waals surface area contributed by atoms with E-state index in [4.69, 9.17) is 4.74 Å². The van der Waals surface area contributed by atoms with Gasteiger partial charge in [-0.3, -0.25) is 0 Å². The monoisotopic (exact) mass is 279 g/mol. The van der Waals surface area contributed by atoms with E-state index in [1.807, 2.05) is 42.8 Å². The highest BCUT2D eigenvalue weighted by atomic mass is 32.2. The van der Waals surface area contributed by atoms with Crippen LogP contribution in [0.5, 0.6) is 5.75 Å². The molecule has 102 valence electrons. The molecule has 0 fully saturated rings. The Balaban J connectivity index is 1.77. The predicted octanol–water partition coefficient (Wildman–Crippen LogP) is 1.66. The number of ether oxygens (including phenoxy) is 1. The maximum absolute atomic E-state index is 9.89. The molecule has 0 spiro atoms. The van der Waals surface area contributed by atoms with E-state index in [9.17, 15) is 5.11 Å². The van der Waals surface area contributed by atoms with Gasteiger partial charge in [0.1, 0.15) is 18.7 Å². The molecular formula is C13H17N3O2S. The minimum absolute atomic E-state index is 0.274. The number of para-hydroxylation sites is 1. The number of aromatic nitrogens is 3. The van der Waals surface area contributed by atoms with Crippen LogP contribution in [-0.4, -0.2) is 38.3 Å². The number of hydrogen-bond donors (Lipinski definition) is 1. The van der Waals surface area contributed by atoms with Gasteiger partial charge in [-0.05, 0) is 18.6 Å². The summed E-state index contributed by atoms with van der Waals surface area (Å²) in [4.78, 5) is 0. The van der Waals surface area contributed by atoms with Gasteiger partial charge in [0.05, 0.1) is 6.10 Å². The summed E-state index contributed by atoms with van der Waals surface area (Å²) in [6.07, 6.45) is 1.10.